The van der Waals surface area contributed by atoms with Crippen molar-refractivity contribution in [3.8, 4) is 0 Å². The van der Waals surface area contributed by atoms with Crippen LogP contribution >= 0.6 is 0 Å². The van der Waals surface area contributed by atoms with Crippen molar-refractivity contribution in [1.82, 2.24) is 5.32 Å². The SMILES string of the molecule is CCC(=CCNC(C)CCCO)C(=O)O. The van der Waals surface area contributed by atoms with Crippen molar-refractivity contribution >= 4 is 5.97 Å². The van der Waals surface area contributed by atoms with Crippen LogP contribution in [0.15, 0.2) is 11.6 Å². The first kappa shape index (κ1) is 14.1. The Hall–Kier alpha value is -0.870. The van der Waals surface area contributed by atoms with Crippen LogP contribution in [0.5, 0.6) is 0 Å². The van der Waals surface area contributed by atoms with Crippen LogP contribution in [-0.4, -0.2) is 35.4 Å². The van der Waals surface area contributed by atoms with Crippen LogP contribution in [0.1, 0.15) is 33.1 Å². The number of rotatable bonds is 8. The quantitative estimate of drug-likeness (QED) is 0.531. The maximum atomic E-state index is 10.6. The molecular formula is C11H21NO3. The van der Waals surface area contributed by atoms with Crippen LogP contribution in [0, 0.1) is 0 Å². The summed E-state index contributed by atoms with van der Waals surface area (Å²) in [6, 6.07) is 0.306. The lowest BCUT2D eigenvalue weighted by molar-refractivity contribution is -0.132. The van der Waals surface area contributed by atoms with Crippen LogP contribution in [0.25, 0.3) is 0 Å². The van der Waals surface area contributed by atoms with Crippen molar-refractivity contribution in [2.45, 2.75) is 39.2 Å². The Morgan fingerprint density at radius 1 is 1.53 bits per heavy atom. The molecule has 1 atom stereocenters. The molecule has 0 spiro atoms. The highest BCUT2D eigenvalue weighted by atomic mass is 16.4. The summed E-state index contributed by atoms with van der Waals surface area (Å²) in [6.45, 7) is 4.63. The number of carbonyl (C=O) groups is 1. The molecule has 0 rings (SSSR count). The number of hydrogen-bond donors (Lipinski definition) is 3. The third kappa shape index (κ3) is 7.11. The predicted octanol–water partition coefficient (Wildman–Crippen LogP) is 1.16. The van der Waals surface area contributed by atoms with Gasteiger partial charge in [0.2, 0.25) is 0 Å². The lowest BCUT2D eigenvalue weighted by Gasteiger charge is -2.11. The van der Waals surface area contributed by atoms with E-state index < -0.39 is 5.97 Å². The molecule has 88 valence electrons. The van der Waals surface area contributed by atoms with Gasteiger partial charge in [-0.2, -0.15) is 0 Å². The summed E-state index contributed by atoms with van der Waals surface area (Å²) >= 11 is 0. The van der Waals surface area contributed by atoms with Crippen molar-refractivity contribution in [1.29, 1.82) is 0 Å². The second kappa shape index (κ2) is 8.44. The molecule has 0 amide bonds. The van der Waals surface area contributed by atoms with E-state index in [0.29, 0.717) is 24.6 Å². The topological polar surface area (TPSA) is 69.6 Å². The highest BCUT2D eigenvalue weighted by molar-refractivity contribution is 5.86. The molecule has 0 fully saturated rings. The maximum Gasteiger partial charge on any atom is 0.331 e. The van der Waals surface area contributed by atoms with E-state index in [1.165, 1.54) is 0 Å². The van der Waals surface area contributed by atoms with Gasteiger partial charge in [0.05, 0.1) is 0 Å². The maximum absolute atomic E-state index is 10.6. The zero-order valence-corrected chi connectivity index (χ0v) is 9.49. The number of nitrogens with one attached hydrogen (secondary N) is 1. The highest BCUT2D eigenvalue weighted by Crippen LogP contribution is 2.00. The van der Waals surface area contributed by atoms with Gasteiger partial charge in [0.25, 0.3) is 0 Å². The van der Waals surface area contributed by atoms with Gasteiger partial charge in [-0.3, -0.25) is 0 Å². The van der Waals surface area contributed by atoms with E-state index in [0.717, 1.165) is 12.8 Å². The number of aliphatic carboxylic acids is 1. The molecule has 0 aliphatic carbocycles. The first-order chi connectivity index (χ1) is 7.11. The molecule has 0 aliphatic heterocycles. The van der Waals surface area contributed by atoms with Crippen molar-refractivity contribution in [3.05, 3.63) is 11.6 Å². The summed E-state index contributed by atoms with van der Waals surface area (Å²) in [7, 11) is 0. The lowest BCUT2D eigenvalue weighted by Crippen LogP contribution is -2.26. The van der Waals surface area contributed by atoms with E-state index in [9.17, 15) is 4.79 Å². The van der Waals surface area contributed by atoms with Gasteiger partial charge >= 0.3 is 5.97 Å². The minimum atomic E-state index is -0.845. The first-order valence-corrected chi connectivity index (χ1v) is 5.38. The van der Waals surface area contributed by atoms with Gasteiger partial charge in [-0.25, -0.2) is 4.79 Å². The summed E-state index contributed by atoms with van der Waals surface area (Å²) in [6.07, 6.45) is 3.93. The molecule has 4 nitrogen and oxygen atoms in total. The molecule has 0 heterocycles. The van der Waals surface area contributed by atoms with Crippen molar-refractivity contribution in [2.24, 2.45) is 0 Å². The van der Waals surface area contributed by atoms with Gasteiger partial charge in [0, 0.05) is 24.8 Å². The molecule has 0 aromatic heterocycles. The summed E-state index contributed by atoms with van der Waals surface area (Å²) in [5.74, 6) is -0.845. The van der Waals surface area contributed by atoms with Gasteiger partial charge in [-0.15, -0.1) is 0 Å². The Bertz CT molecular complexity index is 214. The van der Waals surface area contributed by atoms with Crippen molar-refractivity contribution in [2.75, 3.05) is 13.2 Å². The Balaban J connectivity index is 3.79. The molecule has 0 aromatic carbocycles. The van der Waals surface area contributed by atoms with E-state index in [4.69, 9.17) is 10.2 Å². The minimum absolute atomic E-state index is 0.206. The second-order valence-electron chi connectivity index (χ2n) is 3.56. The number of aliphatic hydroxyl groups is 1. The smallest absolute Gasteiger partial charge is 0.331 e. The third-order valence-corrected chi connectivity index (χ3v) is 2.27. The Labute approximate surface area is 91.0 Å². The van der Waals surface area contributed by atoms with Crippen LogP contribution in [-0.2, 0) is 4.79 Å². The first-order valence-electron chi connectivity index (χ1n) is 5.38. The van der Waals surface area contributed by atoms with Gasteiger partial charge in [-0.05, 0) is 26.2 Å². The van der Waals surface area contributed by atoms with E-state index in [2.05, 4.69) is 5.32 Å². The van der Waals surface area contributed by atoms with Crippen LogP contribution in [0.4, 0.5) is 0 Å². The van der Waals surface area contributed by atoms with E-state index >= 15 is 0 Å². The normalized spacial score (nSPS) is 13.9. The monoisotopic (exact) mass is 215 g/mol. The molecule has 3 N–H and O–H groups in total. The average molecular weight is 215 g/mol. The summed E-state index contributed by atoms with van der Waals surface area (Å²) in [5.41, 5.74) is 0.442. The number of carboxylic acid groups (broad SMARTS) is 1. The summed E-state index contributed by atoms with van der Waals surface area (Å²) < 4.78 is 0. The van der Waals surface area contributed by atoms with E-state index in [1.54, 1.807) is 6.08 Å². The minimum Gasteiger partial charge on any atom is -0.478 e. The summed E-state index contributed by atoms with van der Waals surface area (Å²) in [4.78, 5) is 10.6. The number of hydrogen-bond acceptors (Lipinski definition) is 3. The van der Waals surface area contributed by atoms with Gasteiger partial charge < -0.3 is 15.5 Å². The number of aliphatic hydroxyl groups excluding tert-OH is 1. The molecule has 1 unspecified atom stereocenters. The van der Waals surface area contributed by atoms with Crippen molar-refractivity contribution < 1.29 is 15.0 Å². The van der Waals surface area contributed by atoms with Crippen LogP contribution < -0.4 is 5.32 Å². The zero-order valence-electron chi connectivity index (χ0n) is 9.49. The van der Waals surface area contributed by atoms with E-state index in [1.807, 2.05) is 13.8 Å². The molecule has 0 aromatic rings. The zero-order chi connectivity index (χ0) is 11.7. The largest absolute Gasteiger partial charge is 0.478 e. The molecule has 0 saturated carbocycles. The van der Waals surface area contributed by atoms with Crippen LogP contribution in [0.3, 0.4) is 0 Å². The Morgan fingerprint density at radius 2 is 2.20 bits per heavy atom. The summed E-state index contributed by atoms with van der Waals surface area (Å²) in [5, 5.41) is 20.6. The molecule has 0 radical (unpaired) electrons. The molecular weight excluding hydrogens is 194 g/mol. The molecule has 0 aliphatic rings. The van der Waals surface area contributed by atoms with Gasteiger partial charge in [-0.1, -0.05) is 13.0 Å². The predicted molar refractivity (Wildman–Crippen MR) is 59.8 cm³/mol. The lowest BCUT2D eigenvalue weighted by atomic mass is 10.1. The standard InChI is InChI=1S/C11H21NO3/c1-3-10(11(14)15)6-7-12-9(2)5-4-8-13/h6,9,12-13H,3-5,7-8H2,1-2H3,(H,14,15). The fourth-order valence-corrected chi connectivity index (χ4v) is 1.27. The number of carboxylic acids is 1. The molecule has 0 saturated heterocycles. The van der Waals surface area contributed by atoms with Crippen LogP contribution in [0.2, 0.25) is 0 Å². The molecule has 4 heteroatoms. The Morgan fingerprint density at radius 3 is 2.67 bits per heavy atom. The molecule has 15 heavy (non-hydrogen) atoms. The Kier molecular flexibility index (Phi) is 7.95. The fourth-order valence-electron chi connectivity index (χ4n) is 1.27. The second-order valence-corrected chi connectivity index (χ2v) is 3.56. The molecule has 0 bridgehead atoms. The average Bonchev–Trinajstić information content (AvgIpc) is 2.20. The highest BCUT2D eigenvalue weighted by Gasteiger charge is 2.03. The van der Waals surface area contributed by atoms with Gasteiger partial charge in [0.15, 0.2) is 0 Å². The van der Waals surface area contributed by atoms with E-state index in [-0.39, 0.29) is 6.61 Å². The van der Waals surface area contributed by atoms with Gasteiger partial charge in [0.1, 0.15) is 0 Å². The fraction of sp³-hybridized carbons (Fsp3) is 0.727. The third-order valence-electron chi connectivity index (χ3n) is 2.27. The van der Waals surface area contributed by atoms with Crippen molar-refractivity contribution in [3.63, 3.8) is 0 Å².